The maximum absolute atomic E-state index is 13.1. The van der Waals surface area contributed by atoms with Gasteiger partial charge in [0.1, 0.15) is 5.82 Å². The Morgan fingerprint density at radius 3 is 2.70 bits per heavy atom. The van der Waals surface area contributed by atoms with Crippen LogP contribution in [0.5, 0.6) is 0 Å². The van der Waals surface area contributed by atoms with Crippen molar-refractivity contribution in [3.8, 4) is 11.3 Å². The predicted octanol–water partition coefficient (Wildman–Crippen LogP) is 5.51. The third-order valence-corrected chi connectivity index (χ3v) is 4.52. The zero-order chi connectivity index (χ0) is 16.4. The molecule has 0 atom stereocenters. The summed E-state index contributed by atoms with van der Waals surface area (Å²) in [4.78, 5) is 16.4. The molecular weight excluding hydrogens is 358 g/mol. The van der Waals surface area contributed by atoms with E-state index in [2.05, 4.69) is 10.3 Å². The minimum absolute atomic E-state index is 0.233. The fraction of sp³-hybridized carbons (Fsp3) is 0. The first-order valence-corrected chi connectivity index (χ1v) is 8.14. The largest absolute Gasteiger partial charge is 0.298 e. The Morgan fingerprint density at radius 2 is 1.96 bits per heavy atom. The Labute approximate surface area is 145 Å². The van der Waals surface area contributed by atoms with Crippen molar-refractivity contribution < 1.29 is 9.18 Å². The summed E-state index contributed by atoms with van der Waals surface area (Å²) in [5.74, 6) is -0.882. The number of amides is 1. The fourth-order valence-corrected chi connectivity index (χ4v) is 2.93. The van der Waals surface area contributed by atoms with E-state index in [-0.39, 0.29) is 5.56 Å². The van der Waals surface area contributed by atoms with Crippen molar-refractivity contribution in [2.75, 3.05) is 5.32 Å². The Bertz CT molecular complexity index is 882. The standard InChI is InChI=1S/C16H9Cl2FN2OS/c17-12-5-4-9(7-13(12)18)14-8-23-16(20-14)21-15(22)10-2-1-3-11(19)6-10/h1-8H,(H,20,21,22). The van der Waals surface area contributed by atoms with Gasteiger partial charge in [-0.05, 0) is 30.3 Å². The Kier molecular flexibility index (Phi) is 4.61. The zero-order valence-electron chi connectivity index (χ0n) is 11.5. The molecule has 3 aromatic rings. The number of hydrogen-bond acceptors (Lipinski definition) is 3. The van der Waals surface area contributed by atoms with Gasteiger partial charge in [0.15, 0.2) is 5.13 Å². The molecule has 2 aromatic carbocycles. The Morgan fingerprint density at radius 1 is 1.13 bits per heavy atom. The van der Waals surface area contributed by atoms with Crippen molar-refractivity contribution in [3.63, 3.8) is 0 Å². The van der Waals surface area contributed by atoms with E-state index in [9.17, 15) is 9.18 Å². The van der Waals surface area contributed by atoms with Crippen molar-refractivity contribution in [2.45, 2.75) is 0 Å². The van der Waals surface area contributed by atoms with Crippen molar-refractivity contribution in [2.24, 2.45) is 0 Å². The van der Waals surface area contributed by atoms with Crippen LogP contribution >= 0.6 is 34.5 Å². The average Bonchev–Trinajstić information content (AvgIpc) is 2.98. The van der Waals surface area contributed by atoms with Crippen LogP contribution in [0.15, 0.2) is 47.8 Å². The van der Waals surface area contributed by atoms with Crippen molar-refractivity contribution >= 4 is 45.6 Å². The summed E-state index contributed by atoms with van der Waals surface area (Å²) in [6.45, 7) is 0. The van der Waals surface area contributed by atoms with E-state index in [1.165, 1.54) is 35.6 Å². The molecule has 0 saturated heterocycles. The van der Waals surface area contributed by atoms with E-state index in [4.69, 9.17) is 23.2 Å². The van der Waals surface area contributed by atoms with E-state index in [0.29, 0.717) is 20.9 Å². The van der Waals surface area contributed by atoms with Crippen LogP contribution in [-0.4, -0.2) is 10.9 Å². The van der Waals surface area contributed by atoms with Crippen LogP contribution < -0.4 is 5.32 Å². The van der Waals surface area contributed by atoms with E-state index >= 15 is 0 Å². The summed E-state index contributed by atoms with van der Waals surface area (Å²) in [7, 11) is 0. The highest BCUT2D eigenvalue weighted by molar-refractivity contribution is 7.14. The quantitative estimate of drug-likeness (QED) is 0.663. The molecule has 1 amide bonds. The number of nitrogens with zero attached hydrogens (tertiary/aromatic N) is 1. The Hall–Kier alpha value is -1.95. The van der Waals surface area contributed by atoms with Crippen molar-refractivity contribution in [1.29, 1.82) is 0 Å². The van der Waals surface area contributed by atoms with Gasteiger partial charge in [-0.2, -0.15) is 0 Å². The maximum Gasteiger partial charge on any atom is 0.257 e. The van der Waals surface area contributed by atoms with Crippen LogP contribution in [0, 0.1) is 5.82 Å². The molecule has 1 heterocycles. The van der Waals surface area contributed by atoms with E-state index in [1.54, 1.807) is 23.6 Å². The molecule has 1 N–H and O–H groups in total. The molecule has 3 rings (SSSR count). The molecule has 0 unspecified atom stereocenters. The van der Waals surface area contributed by atoms with Gasteiger partial charge in [0.2, 0.25) is 0 Å². The van der Waals surface area contributed by atoms with Gasteiger partial charge < -0.3 is 0 Å². The first-order chi connectivity index (χ1) is 11.0. The van der Waals surface area contributed by atoms with Crippen LogP contribution in [0.2, 0.25) is 10.0 Å². The minimum Gasteiger partial charge on any atom is -0.298 e. The third-order valence-electron chi connectivity index (χ3n) is 3.03. The molecule has 0 spiro atoms. The summed E-state index contributed by atoms with van der Waals surface area (Å²) in [5, 5.41) is 5.75. The molecule has 23 heavy (non-hydrogen) atoms. The van der Waals surface area contributed by atoms with Gasteiger partial charge in [-0.3, -0.25) is 10.1 Å². The number of benzene rings is 2. The Balaban J connectivity index is 1.79. The van der Waals surface area contributed by atoms with Crippen LogP contribution in [0.3, 0.4) is 0 Å². The van der Waals surface area contributed by atoms with E-state index in [0.717, 1.165) is 5.56 Å². The highest BCUT2D eigenvalue weighted by atomic mass is 35.5. The highest BCUT2D eigenvalue weighted by Gasteiger charge is 2.11. The minimum atomic E-state index is -0.465. The van der Waals surface area contributed by atoms with Crippen LogP contribution in [0.1, 0.15) is 10.4 Å². The lowest BCUT2D eigenvalue weighted by Gasteiger charge is -2.02. The molecule has 116 valence electrons. The first kappa shape index (κ1) is 15.9. The molecule has 0 aliphatic heterocycles. The van der Waals surface area contributed by atoms with Crippen LogP contribution in [-0.2, 0) is 0 Å². The average molecular weight is 367 g/mol. The normalized spacial score (nSPS) is 10.6. The lowest BCUT2D eigenvalue weighted by Crippen LogP contribution is -2.11. The summed E-state index contributed by atoms with van der Waals surface area (Å²) in [6, 6.07) is 10.6. The lowest BCUT2D eigenvalue weighted by molar-refractivity contribution is 0.102. The van der Waals surface area contributed by atoms with Crippen LogP contribution in [0.4, 0.5) is 9.52 Å². The molecule has 0 aliphatic carbocycles. The second-order valence-electron chi connectivity index (χ2n) is 4.63. The summed E-state index contributed by atoms with van der Waals surface area (Å²) in [6.07, 6.45) is 0. The number of aromatic nitrogens is 1. The number of thiazole rings is 1. The number of anilines is 1. The summed E-state index contributed by atoms with van der Waals surface area (Å²) in [5.41, 5.74) is 1.70. The monoisotopic (exact) mass is 366 g/mol. The molecule has 1 aromatic heterocycles. The number of rotatable bonds is 3. The molecular formula is C16H9Cl2FN2OS. The van der Waals surface area contributed by atoms with Gasteiger partial charge in [0, 0.05) is 16.5 Å². The first-order valence-electron chi connectivity index (χ1n) is 6.51. The molecule has 0 radical (unpaired) electrons. The van der Waals surface area contributed by atoms with Crippen molar-refractivity contribution in [3.05, 3.63) is 69.3 Å². The smallest absolute Gasteiger partial charge is 0.257 e. The number of carbonyl (C=O) groups is 1. The summed E-state index contributed by atoms with van der Waals surface area (Å²) < 4.78 is 13.1. The molecule has 7 heteroatoms. The molecule has 0 saturated carbocycles. The fourth-order valence-electron chi connectivity index (χ4n) is 1.92. The summed E-state index contributed by atoms with van der Waals surface area (Å²) >= 11 is 13.1. The third kappa shape index (κ3) is 3.69. The number of hydrogen-bond donors (Lipinski definition) is 1. The van der Waals surface area contributed by atoms with Gasteiger partial charge in [-0.1, -0.05) is 35.3 Å². The van der Waals surface area contributed by atoms with Gasteiger partial charge in [0.25, 0.3) is 5.91 Å². The van der Waals surface area contributed by atoms with Crippen molar-refractivity contribution in [1.82, 2.24) is 4.98 Å². The molecule has 0 aliphatic rings. The SMILES string of the molecule is O=C(Nc1nc(-c2ccc(Cl)c(Cl)c2)cs1)c1cccc(F)c1. The van der Waals surface area contributed by atoms with Gasteiger partial charge in [0.05, 0.1) is 15.7 Å². The van der Waals surface area contributed by atoms with Gasteiger partial charge in [-0.25, -0.2) is 9.37 Å². The van der Waals surface area contributed by atoms with E-state index in [1.807, 2.05) is 0 Å². The second kappa shape index (κ2) is 6.66. The number of carbonyl (C=O) groups excluding carboxylic acids is 1. The predicted molar refractivity (Wildman–Crippen MR) is 91.9 cm³/mol. The van der Waals surface area contributed by atoms with E-state index < -0.39 is 11.7 Å². The topological polar surface area (TPSA) is 42.0 Å². The maximum atomic E-state index is 13.1. The van der Waals surface area contributed by atoms with Gasteiger partial charge >= 0.3 is 0 Å². The number of halogens is 3. The molecule has 0 fully saturated rings. The highest BCUT2D eigenvalue weighted by Crippen LogP contribution is 2.30. The zero-order valence-corrected chi connectivity index (χ0v) is 13.8. The lowest BCUT2D eigenvalue weighted by atomic mass is 10.2. The van der Waals surface area contributed by atoms with Crippen LogP contribution in [0.25, 0.3) is 11.3 Å². The molecule has 0 bridgehead atoms. The second-order valence-corrected chi connectivity index (χ2v) is 6.30. The molecule has 3 nitrogen and oxygen atoms in total. The number of nitrogens with one attached hydrogen (secondary N) is 1. The van der Waals surface area contributed by atoms with Gasteiger partial charge in [-0.15, -0.1) is 11.3 Å².